The summed E-state index contributed by atoms with van der Waals surface area (Å²) in [6.07, 6.45) is 3.29. The van der Waals surface area contributed by atoms with Crippen LogP contribution in [0, 0.1) is 6.92 Å². The first-order valence-electron chi connectivity index (χ1n) is 10.5. The lowest BCUT2D eigenvalue weighted by atomic mass is 9.92. The fourth-order valence-corrected chi connectivity index (χ4v) is 4.74. The Balaban J connectivity index is 2.59. The topological polar surface area (TPSA) is 78.3 Å². The number of allylic oxidation sites excluding steroid dienone is 2. The molecule has 0 N–H and O–H groups in total. The number of hydrogen-bond acceptors (Lipinski definition) is 5. The summed E-state index contributed by atoms with van der Waals surface area (Å²) in [5, 5.41) is 4.78. The number of nitrogens with zero attached hydrogens (tertiary/aromatic N) is 2. The second-order valence-corrected chi connectivity index (χ2v) is 9.93. The van der Waals surface area contributed by atoms with E-state index in [1.807, 2.05) is 41.5 Å². The second kappa shape index (κ2) is 10.5. The van der Waals surface area contributed by atoms with Crippen LogP contribution >= 0.6 is 11.6 Å². The maximum atomic E-state index is 13.5. The van der Waals surface area contributed by atoms with Crippen molar-refractivity contribution in [2.75, 3.05) is 5.75 Å². The van der Waals surface area contributed by atoms with E-state index >= 15 is 0 Å². The lowest BCUT2D eigenvalue weighted by Crippen LogP contribution is -2.18. The first-order chi connectivity index (χ1) is 14.5. The minimum absolute atomic E-state index is 0.0298. The zero-order chi connectivity index (χ0) is 23.3. The summed E-state index contributed by atoms with van der Waals surface area (Å²) in [4.78, 5) is 13.5. The van der Waals surface area contributed by atoms with Gasteiger partial charge < -0.3 is 4.18 Å². The molecule has 0 atom stereocenters. The molecule has 1 heterocycles. The third kappa shape index (κ3) is 5.77. The van der Waals surface area contributed by atoms with Crippen LogP contribution in [-0.4, -0.2) is 29.7 Å². The molecule has 2 aromatic rings. The van der Waals surface area contributed by atoms with Crippen molar-refractivity contribution in [3.05, 3.63) is 51.2 Å². The molecule has 0 saturated carbocycles. The molecule has 0 aliphatic carbocycles. The Bertz CT molecular complexity index is 1100. The summed E-state index contributed by atoms with van der Waals surface area (Å²) >= 11 is 6.44. The van der Waals surface area contributed by atoms with Crippen LogP contribution in [0.2, 0.25) is 5.02 Å². The number of carbonyl (C=O) groups excluding carboxylic acids is 1. The van der Waals surface area contributed by atoms with Gasteiger partial charge in [-0.3, -0.25) is 4.79 Å². The standard InChI is InChI=1S/C23H31ClN2O4S/c1-7-9-13-31(28,29)30-23-19(14-25-26(23)12-8-2)22(27)18-10-11-20(24)21(17(18)6)16(5)15(3)4/h10-11,14H,7-9,12-13H2,1-6H3. The Labute approximate surface area is 190 Å². The maximum Gasteiger partial charge on any atom is 0.310 e. The summed E-state index contributed by atoms with van der Waals surface area (Å²) in [7, 11) is -3.84. The number of hydrogen-bond donors (Lipinski definition) is 0. The maximum absolute atomic E-state index is 13.5. The van der Waals surface area contributed by atoms with Gasteiger partial charge in [0.1, 0.15) is 5.56 Å². The van der Waals surface area contributed by atoms with E-state index in [2.05, 4.69) is 5.10 Å². The molecule has 0 amide bonds. The first kappa shape index (κ1) is 25.1. The van der Waals surface area contributed by atoms with Crippen LogP contribution in [-0.2, 0) is 16.7 Å². The Kier molecular flexibility index (Phi) is 8.49. The van der Waals surface area contributed by atoms with Crippen molar-refractivity contribution in [2.45, 2.75) is 67.3 Å². The Morgan fingerprint density at radius 1 is 1.13 bits per heavy atom. The second-order valence-electron chi connectivity index (χ2n) is 7.83. The molecule has 31 heavy (non-hydrogen) atoms. The van der Waals surface area contributed by atoms with E-state index in [0.29, 0.717) is 30.0 Å². The normalized spacial score (nSPS) is 11.5. The monoisotopic (exact) mass is 466 g/mol. The first-order valence-corrected chi connectivity index (χ1v) is 12.5. The molecule has 0 spiro atoms. The number of benzene rings is 1. The number of unbranched alkanes of at least 4 members (excludes halogenated alkanes) is 1. The Morgan fingerprint density at radius 2 is 1.81 bits per heavy atom. The quantitative estimate of drug-likeness (QED) is 0.326. The minimum atomic E-state index is -3.84. The highest BCUT2D eigenvalue weighted by molar-refractivity contribution is 7.87. The average molecular weight is 467 g/mol. The Hall–Kier alpha value is -2.12. The number of carbonyl (C=O) groups is 1. The van der Waals surface area contributed by atoms with Crippen LogP contribution in [0.5, 0.6) is 5.88 Å². The van der Waals surface area contributed by atoms with E-state index in [9.17, 15) is 13.2 Å². The van der Waals surface area contributed by atoms with Crippen LogP contribution in [0.25, 0.3) is 5.57 Å². The molecule has 170 valence electrons. The van der Waals surface area contributed by atoms with Crippen molar-refractivity contribution in [3.63, 3.8) is 0 Å². The number of aryl methyl sites for hydroxylation is 1. The molecule has 0 fully saturated rings. The van der Waals surface area contributed by atoms with Crippen LogP contribution in [0.15, 0.2) is 23.9 Å². The van der Waals surface area contributed by atoms with Crippen molar-refractivity contribution in [3.8, 4) is 5.88 Å². The highest BCUT2D eigenvalue weighted by Crippen LogP contribution is 2.33. The highest BCUT2D eigenvalue weighted by Gasteiger charge is 2.27. The van der Waals surface area contributed by atoms with E-state index in [0.717, 1.165) is 28.7 Å². The average Bonchev–Trinajstić information content (AvgIpc) is 3.07. The van der Waals surface area contributed by atoms with E-state index in [1.54, 1.807) is 12.1 Å². The third-order valence-electron chi connectivity index (χ3n) is 5.21. The van der Waals surface area contributed by atoms with Crippen molar-refractivity contribution in [1.29, 1.82) is 0 Å². The molecular weight excluding hydrogens is 436 g/mol. The summed E-state index contributed by atoms with van der Waals surface area (Å²) < 4.78 is 31.7. The van der Waals surface area contributed by atoms with Gasteiger partial charge in [-0.2, -0.15) is 13.5 Å². The van der Waals surface area contributed by atoms with Crippen LogP contribution in [0.4, 0.5) is 0 Å². The summed E-state index contributed by atoms with van der Waals surface area (Å²) in [6.45, 7) is 12.1. The zero-order valence-corrected chi connectivity index (χ0v) is 20.7. The van der Waals surface area contributed by atoms with E-state index in [1.165, 1.54) is 10.9 Å². The third-order valence-corrected chi connectivity index (χ3v) is 6.72. The predicted octanol–water partition coefficient (Wildman–Crippen LogP) is 5.81. The molecule has 0 saturated heterocycles. The minimum Gasteiger partial charge on any atom is -0.361 e. The Morgan fingerprint density at radius 3 is 2.39 bits per heavy atom. The van der Waals surface area contributed by atoms with Gasteiger partial charge in [0, 0.05) is 17.1 Å². The highest BCUT2D eigenvalue weighted by atomic mass is 35.5. The fourth-order valence-electron chi connectivity index (χ4n) is 3.25. The smallest absolute Gasteiger partial charge is 0.310 e. The lowest BCUT2D eigenvalue weighted by molar-refractivity contribution is 0.103. The van der Waals surface area contributed by atoms with Gasteiger partial charge in [0.25, 0.3) is 0 Å². The van der Waals surface area contributed by atoms with Crippen LogP contribution < -0.4 is 4.18 Å². The van der Waals surface area contributed by atoms with Gasteiger partial charge in [-0.25, -0.2) is 4.68 Å². The van der Waals surface area contributed by atoms with Gasteiger partial charge in [-0.15, -0.1) is 0 Å². The van der Waals surface area contributed by atoms with Gasteiger partial charge in [0.2, 0.25) is 5.88 Å². The molecular formula is C23H31ClN2O4S. The largest absolute Gasteiger partial charge is 0.361 e. The van der Waals surface area contributed by atoms with E-state index < -0.39 is 10.1 Å². The fraction of sp³-hybridized carbons (Fsp3) is 0.478. The van der Waals surface area contributed by atoms with Crippen LogP contribution in [0.3, 0.4) is 0 Å². The molecule has 0 unspecified atom stereocenters. The van der Waals surface area contributed by atoms with Gasteiger partial charge >= 0.3 is 10.1 Å². The molecule has 0 aliphatic rings. The number of halogens is 1. The van der Waals surface area contributed by atoms with Crippen molar-refractivity contribution in [2.24, 2.45) is 0 Å². The van der Waals surface area contributed by atoms with Gasteiger partial charge in [-0.1, -0.05) is 37.4 Å². The summed E-state index contributed by atoms with van der Waals surface area (Å²) in [6, 6.07) is 3.35. The summed E-state index contributed by atoms with van der Waals surface area (Å²) in [5.41, 5.74) is 4.20. The zero-order valence-electron chi connectivity index (χ0n) is 19.1. The number of aromatic nitrogens is 2. The SMILES string of the molecule is CCCCS(=O)(=O)Oc1c(C(=O)c2ccc(Cl)c(C(C)=C(C)C)c2C)cnn1CCC. The van der Waals surface area contributed by atoms with Gasteiger partial charge in [0.05, 0.1) is 11.9 Å². The number of rotatable bonds is 10. The molecule has 1 aromatic carbocycles. The predicted molar refractivity (Wildman–Crippen MR) is 125 cm³/mol. The molecule has 0 bridgehead atoms. The van der Waals surface area contributed by atoms with Gasteiger partial charge in [0.15, 0.2) is 5.78 Å². The molecule has 2 rings (SSSR count). The molecule has 1 aromatic heterocycles. The van der Waals surface area contributed by atoms with Crippen molar-refractivity contribution < 1.29 is 17.4 Å². The molecule has 8 heteroatoms. The van der Waals surface area contributed by atoms with Gasteiger partial charge in [-0.05, 0) is 69.4 Å². The molecule has 6 nitrogen and oxygen atoms in total. The van der Waals surface area contributed by atoms with Crippen molar-refractivity contribution >= 4 is 33.1 Å². The number of ketones is 1. The van der Waals surface area contributed by atoms with E-state index in [-0.39, 0.29) is 23.0 Å². The summed E-state index contributed by atoms with van der Waals surface area (Å²) in [5.74, 6) is -0.490. The lowest BCUT2D eigenvalue weighted by Gasteiger charge is -2.15. The van der Waals surface area contributed by atoms with Crippen molar-refractivity contribution in [1.82, 2.24) is 9.78 Å². The van der Waals surface area contributed by atoms with E-state index in [4.69, 9.17) is 15.8 Å². The molecule has 0 aliphatic heterocycles. The molecule has 0 radical (unpaired) electrons. The van der Waals surface area contributed by atoms with Crippen LogP contribution in [0.1, 0.15) is 80.9 Å².